The van der Waals surface area contributed by atoms with E-state index in [2.05, 4.69) is 20.0 Å². The Bertz CT molecular complexity index is 1320. The maximum atomic E-state index is 14.1. The van der Waals surface area contributed by atoms with Gasteiger partial charge in [0.2, 0.25) is 20.9 Å². The highest BCUT2D eigenvalue weighted by Crippen LogP contribution is 2.32. The Morgan fingerprint density at radius 2 is 1.85 bits per heavy atom. The van der Waals surface area contributed by atoms with Crippen LogP contribution in [0.1, 0.15) is 18.3 Å². The van der Waals surface area contributed by atoms with Gasteiger partial charge in [0.05, 0.1) is 5.69 Å². The van der Waals surface area contributed by atoms with E-state index in [0.717, 1.165) is 23.3 Å². The summed E-state index contributed by atoms with van der Waals surface area (Å²) < 4.78 is 39.2. The Balaban J connectivity index is 1.54. The lowest BCUT2D eigenvalue weighted by Gasteiger charge is -2.41. The van der Waals surface area contributed by atoms with Crippen LogP contribution in [0, 0.1) is 19.7 Å². The quantitative estimate of drug-likeness (QED) is 0.510. The molecule has 2 aromatic heterocycles. The molecule has 0 N–H and O–H groups in total. The largest absolute Gasteiger partial charge is 0.367 e. The van der Waals surface area contributed by atoms with Gasteiger partial charge in [-0.1, -0.05) is 0 Å². The van der Waals surface area contributed by atoms with E-state index >= 15 is 0 Å². The number of aromatic nitrogens is 4. The zero-order chi connectivity index (χ0) is 24.6. The predicted molar refractivity (Wildman–Crippen MR) is 126 cm³/mol. The van der Waals surface area contributed by atoms with Gasteiger partial charge in [-0.15, -0.1) is 0 Å². The Morgan fingerprint density at radius 3 is 2.44 bits per heavy atom. The highest BCUT2D eigenvalue weighted by atomic mass is 32.2. The highest BCUT2D eigenvalue weighted by Gasteiger charge is 2.29. The maximum Gasteiger partial charge on any atom is 0.246 e. The van der Waals surface area contributed by atoms with Gasteiger partial charge in [0.25, 0.3) is 0 Å². The number of hydrogen-bond acceptors (Lipinski definition) is 7. The van der Waals surface area contributed by atoms with E-state index in [1.165, 1.54) is 24.5 Å². The second-order valence-electron chi connectivity index (χ2n) is 8.65. The second kappa shape index (κ2) is 9.13. The van der Waals surface area contributed by atoms with Gasteiger partial charge >= 0.3 is 0 Å². The standard InChI is InChI=1S/C23H27FN6O3S/c1-15-9-16(2)30(27-15)14-22(31)29-8-7-28(13-17(29)3)21-6-5-19(24)10-20(21)18-11-25-23(26-12-18)34(4,32)33/h5-6,9-12,17H,7-8,13-14H2,1-4H3. The first kappa shape index (κ1) is 23.8. The third-order valence-electron chi connectivity index (χ3n) is 5.91. The van der Waals surface area contributed by atoms with Crippen LogP contribution in [0.5, 0.6) is 0 Å². The molecule has 0 radical (unpaired) electrons. The van der Waals surface area contributed by atoms with Gasteiger partial charge in [-0.05, 0) is 45.0 Å². The molecule has 1 aromatic carbocycles. The Hall–Kier alpha value is -3.34. The summed E-state index contributed by atoms with van der Waals surface area (Å²) in [5, 5.41) is 4.10. The van der Waals surface area contributed by atoms with E-state index < -0.39 is 15.7 Å². The molecule has 34 heavy (non-hydrogen) atoms. The van der Waals surface area contributed by atoms with Gasteiger partial charge in [-0.25, -0.2) is 22.8 Å². The lowest BCUT2D eigenvalue weighted by molar-refractivity contribution is -0.134. The molecule has 1 aliphatic heterocycles. The number of aryl methyl sites for hydroxylation is 2. The van der Waals surface area contributed by atoms with E-state index in [1.807, 2.05) is 31.7 Å². The molecule has 1 aliphatic rings. The molecule has 180 valence electrons. The normalized spacial score (nSPS) is 16.7. The van der Waals surface area contributed by atoms with Crippen LogP contribution < -0.4 is 4.90 Å². The summed E-state index contributed by atoms with van der Waals surface area (Å²) in [6, 6.07) is 6.33. The van der Waals surface area contributed by atoms with Crippen LogP contribution in [0.4, 0.5) is 10.1 Å². The van der Waals surface area contributed by atoms with Crippen molar-refractivity contribution in [1.82, 2.24) is 24.6 Å². The summed E-state index contributed by atoms with van der Waals surface area (Å²) in [6.45, 7) is 7.64. The number of benzene rings is 1. The van der Waals surface area contributed by atoms with E-state index in [0.29, 0.717) is 30.8 Å². The van der Waals surface area contributed by atoms with Crippen molar-refractivity contribution in [3.63, 3.8) is 0 Å². The Kier molecular flexibility index (Phi) is 6.39. The van der Waals surface area contributed by atoms with Crippen LogP contribution >= 0.6 is 0 Å². The van der Waals surface area contributed by atoms with E-state index in [1.54, 1.807) is 10.7 Å². The van der Waals surface area contributed by atoms with Gasteiger partial charge in [-0.3, -0.25) is 9.48 Å². The third kappa shape index (κ3) is 4.93. The summed E-state index contributed by atoms with van der Waals surface area (Å²) >= 11 is 0. The molecule has 11 heteroatoms. The second-order valence-corrected chi connectivity index (χ2v) is 10.6. The average molecular weight is 487 g/mol. The smallest absolute Gasteiger partial charge is 0.246 e. The minimum absolute atomic E-state index is 0.00226. The van der Waals surface area contributed by atoms with Gasteiger partial charge in [-0.2, -0.15) is 5.10 Å². The minimum Gasteiger partial charge on any atom is -0.367 e. The third-order valence-corrected chi connectivity index (χ3v) is 6.78. The first-order chi connectivity index (χ1) is 16.0. The van der Waals surface area contributed by atoms with Crippen molar-refractivity contribution < 1.29 is 17.6 Å². The van der Waals surface area contributed by atoms with Gasteiger partial charge in [0.15, 0.2) is 0 Å². The molecule has 1 saturated heterocycles. The van der Waals surface area contributed by atoms with Crippen molar-refractivity contribution in [2.45, 2.75) is 38.5 Å². The number of piperazine rings is 1. The van der Waals surface area contributed by atoms with Crippen molar-refractivity contribution in [3.8, 4) is 11.1 Å². The van der Waals surface area contributed by atoms with E-state index in [4.69, 9.17) is 0 Å². The average Bonchev–Trinajstić information content (AvgIpc) is 3.09. The monoisotopic (exact) mass is 486 g/mol. The number of sulfone groups is 1. The van der Waals surface area contributed by atoms with Crippen LogP contribution in [0.15, 0.2) is 41.8 Å². The molecule has 1 fully saturated rings. The molecule has 0 aliphatic carbocycles. The zero-order valence-corrected chi connectivity index (χ0v) is 20.4. The molecule has 1 unspecified atom stereocenters. The highest BCUT2D eigenvalue weighted by molar-refractivity contribution is 7.90. The van der Waals surface area contributed by atoms with E-state index in [9.17, 15) is 17.6 Å². The molecule has 1 amide bonds. The molecule has 0 saturated carbocycles. The van der Waals surface area contributed by atoms with Crippen molar-refractivity contribution in [2.75, 3.05) is 30.8 Å². The molecule has 4 rings (SSSR count). The number of amides is 1. The van der Waals surface area contributed by atoms with Gasteiger partial charge < -0.3 is 9.80 Å². The van der Waals surface area contributed by atoms with Gasteiger partial charge in [0.1, 0.15) is 12.4 Å². The number of anilines is 1. The Morgan fingerprint density at radius 1 is 1.15 bits per heavy atom. The first-order valence-electron chi connectivity index (χ1n) is 10.9. The molecule has 1 atom stereocenters. The summed E-state index contributed by atoms with van der Waals surface area (Å²) in [6.07, 6.45) is 3.81. The SMILES string of the molecule is Cc1cc(C)n(CC(=O)N2CCN(c3ccc(F)cc3-c3cnc(S(C)(=O)=O)nc3)CC2C)n1. The molecule has 3 aromatic rings. The maximum absolute atomic E-state index is 14.1. The van der Waals surface area contributed by atoms with Crippen molar-refractivity contribution in [1.29, 1.82) is 0 Å². The number of carbonyl (C=O) groups is 1. The molecular formula is C23H27FN6O3S. The Labute approximate surface area is 198 Å². The summed E-state index contributed by atoms with van der Waals surface area (Å²) in [5.41, 5.74) is 3.67. The van der Waals surface area contributed by atoms with Crippen LogP contribution in [-0.2, 0) is 21.2 Å². The number of carbonyl (C=O) groups excluding carboxylic acids is 1. The fourth-order valence-electron chi connectivity index (χ4n) is 4.26. The lowest BCUT2D eigenvalue weighted by Crippen LogP contribution is -2.55. The van der Waals surface area contributed by atoms with Crippen molar-refractivity contribution in [2.24, 2.45) is 0 Å². The number of hydrogen-bond donors (Lipinski definition) is 0. The number of rotatable bonds is 5. The lowest BCUT2D eigenvalue weighted by atomic mass is 10.0. The van der Waals surface area contributed by atoms with E-state index in [-0.39, 0.29) is 23.7 Å². The van der Waals surface area contributed by atoms with Crippen LogP contribution in [0.3, 0.4) is 0 Å². The molecule has 9 nitrogen and oxygen atoms in total. The van der Waals surface area contributed by atoms with Crippen LogP contribution in [0.2, 0.25) is 0 Å². The minimum atomic E-state index is -3.54. The van der Waals surface area contributed by atoms with Crippen molar-refractivity contribution in [3.05, 3.63) is 53.9 Å². The van der Waals surface area contributed by atoms with Crippen LogP contribution in [-0.4, -0.2) is 70.9 Å². The summed E-state index contributed by atoms with van der Waals surface area (Å²) in [4.78, 5) is 24.8. The number of halogens is 1. The first-order valence-corrected chi connectivity index (χ1v) is 12.8. The summed E-state index contributed by atoms with van der Waals surface area (Å²) in [5.74, 6) is -0.417. The molecule has 0 bridgehead atoms. The topological polar surface area (TPSA) is 101 Å². The zero-order valence-electron chi connectivity index (χ0n) is 19.6. The molecular weight excluding hydrogens is 459 g/mol. The molecule has 0 spiro atoms. The fourth-order valence-corrected chi connectivity index (χ4v) is 4.75. The fraction of sp³-hybridized carbons (Fsp3) is 0.391. The summed E-state index contributed by atoms with van der Waals surface area (Å²) in [7, 11) is -3.54. The van der Waals surface area contributed by atoms with Gasteiger partial charge in [0, 0.05) is 66.8 Å². The van der Waals surface area contributed by atoms with Crippen LogP contribution in [0.25, 0.3) is 11.1 Å². The molecule has 3 heterocycles. The number of nitrogens with zero attached hydrogens (tertiary/aromatic N) is 6. The van der Waals surface area contributed by atoms with Crippen molar-refractivity contribution >= 4 is 21.4 Å². The predicted octanol–water partition coefficient (Wildman–Crippen LogP) is 2.24.